The number of hydrogen-bond acceptors (Lipinski definition) is 3. The summed E-state index contributed by atoms with van der Waals surface area (Å²) in [4.78, 5) is 0. The van der Waals surface area contributed by atoms with Crippen molar-refractivity contribution in [2.24, 2.45) is 0 Å². The van der Waals surface area contributed by atoms with Crippen LogP contribution in [0.5, 0.6) is 0 Å². The van der Waals surface area contributed by atoms with Crippen molar-refractivity contribution < 1.29 is 4.74 Å². The fourth-order valence-electron chi connectivity index (χ4n) is 1.70. The first-order chi connectivity index (χ1) is 7.80. The van der Waals surface area contributed by atoms with Gasteiger partial charge in [-0.2, -0.15) is 5.10 Å². The second-order valence-electron chi connectivity index (χ2n) is 4.02. The van der Waals surface area contributed by atoms with E-state index >= 15 is 0 Å². The van der Waals surface area contributed by atoms with Gasteiger partial charge in [0.15, 0.2) is 0 Å². The van der Waals surface area contributed by atoms with E-state index in [1.54, 1.807) is 7.11 Å². The first-order valence-electron chi connectivity index (χ1n) is 6.08. The molecule has 1 atom stereocenters. The summed E-state index contributed by atoms with van der Waals surface area (Å²) < 4.78 is 7.14. The van der Waals surface area contributed by atoms with Crippen molar-refractivity contribution in [1.82, 2.24) is 9.78 Å². The highest BCUT2D eigenvalue weighted by molar-refractivity contribution is 5.39. The molecule has 0 radical (unpaired) electrons. The van der Waals surface area contributed by atoms with E-state index < -0.39 is 0 Å². The number of unbranched alkanes of at least 4 members (excludes halogenated alkanes) is 1. The molecular weight excluding hydrogens is 202 g/mol. The first-order valence-corrected chi connectivity index (χ1v) is 6.08. The van der Waals surface area contributed by atoms with Gasteiger partial charge in [-0.3, -0.25) is 4.68 Å². The van der Waals surface area contributed by atoms with E-state index in [9.17, 15) is 0 Å². The van der Waals surface area contributed by atoms with Gasteiger partial charge in [0.05, 0.1) is 18.5 Å². The van der Waals surface area contributed by atoms with Gasteiger partial charge in [-0.05, 0) is 13.3 Å². The molecule has 1 N–H and O–H groups in total. The second-order valence-corrected chi connectivity index (χ2v) is 4.02. The zero-order valence-corrected chi connectivity index (χ0v) is 10.6. The quantitative estimate of drug-likeness (QED) is 0.739. The molecule has 0 aliphatic heterocycles. The number of nitrogens with one attached hydrogen (secondary N) is 1. The van der Waals surface area contributed by atoms with E-state index in [4.69, 9.17) is 4.74 Å². The van der Waals surface area contributed by atoms with Gasteiger partial charge in [0.25, 0.3) is 0 Å². The number of nitrogens with zero attached hydrogens (tertiary/aromatic N) is 2. The highest BCUT2D eigenvalue weighted by Crippen LogP contribution is 2.11. The molecule has 1 unspecified atom stereocenters. The zero-order valence-electron chi connectivity index (χ0n) is 10.6. The molecule has 16 heavy (non-hydrogen) atoms. The Bertz CT molecular complexity index is 286. The Kier molecular flexibility index (Phi) is 5.93. The Balaban J connectivity index is 2.46. The molecular formula is C12H23N3O. The van der Waals surface area contributed by atoms with E-state index in [-0.39, 0.29) is 0 Å². The van der Waals surface area contributed by atoms with E-state index in [1.807, 2.05) is 17.1 Å². The van der Waals surface area contributed by atoms with Crippen molar-refractivity contribution in [3.63, 3.8) is 0 Å². The van der Waals surface area contributed by atoms with Crippen molar-refractivity contribution in [2.75, 3.05) is 19.0 Å². The summed E-state index contributed by atoms with van der Waals surface area (Å²) in [5.41, 5.74) is 1.08. The third kappa shape index (κ3) is 4.23. The number of aryl methyl sites for hydroxylation is 1. The van der Waals surface area contributed by atoms with Crippen molar-refractivity contribution in [3.8, 4) is 0 Å². The lowest BCUT2D eigenvalue weighted by atomic mass is 10.1. The molecule has 0 saturated carbocycles. The zero-order chi connectivity index (χ0) is 11.8. The van der Waals surface area contributed by atoms with Gasteiger partial charge in [-0.1, -0.05) is 19.8 Å². The SMILES string of the molecule is CCCCC(COC)Nc1cnn(CC)c1. The van der Waals surface area contributed by atoms with Crippen molar-refractivity contribution in [2.45, 2.75) is 45.7 Å². The lowest BCUT2D eigenvalue weighted by Crippen LogP contribution is -2.24. The fraction of sp³-hybridized carbons (Fsp3) is 0.750. The van der Waals surface area contributed by atoms with Gasteiger partial charge >= 0.3 is 0 Å². The first kappa shape index (κ1) is 13.0. The average molecular weight is 225 g/mol. The summed E-state index contributed by atoms with van der Waals surface area (Å²) >= 11 is 0. The molecule has 0 spiro atoms. The molecule has 4 heteroatoms. The number of methoxy groups -OCH3 is 1. The van der Waals surface area contributed by atoms with Crippen LogP contribution in [0.4, 0.5) is 5.69 Å². The molecule has 1 aromatic rings. The van der Waals surface area contributed by atoms with Crippen LogP contribution in [0, 0.1) is 0 Å². The van der Waals surface area contributed by atoms with Crippen molar-refractivity contribution >= 4 is 5.69 Å². The standard InChI is InChI=1S/C12H23N3O/c1-4-6-7-11(10-16-3)14-12-8-13-15(5-2)9-12/h8-9,11,14H,4-7,10H2,1-3H3. The largest absolute Gasteiger partial charge is 0.383 e. The summed E-state index contributed by atoms with van der Waals surface area (Å²) in [6.45, 7) is 5.95. The fourth-order valence-corrected chi connectivity index (χ4v) is 1.70. The molecule has 92 valence electrons. The third-order valence-corrected chi connectivity index (χ3v) is 2.60. The summed E-state index contributed by atoms with van der Waals surface area (Å²) in [6, 6.07) is 0.388. The molecule has 0 aliphatic rings. The van der Waals surface area contributed by atoms with E-state index in [0.29, 0.717) is 6.04 Å². The molecule has 1 aromatic heterocycles. The molecule has 0 fully saturated rings. The minimum Gasteiger partial charge on any atom is -0.383 e. The van der Waals surface area contributed by atoms with Gasteiger partial charge in [0, 0.05) is 25.9 Å². The molecule has 4 nitrogen and oxygen atoms in total. The minimum absolute atomic E-state index is 0.388. The van der Waals surface area contributed by atoms with Crippen LogP contribution in [0.25, 0.3) is 0 Å². The Labute approximate surface area is 98.0 Å². The number of hydrogen-bond donors (Lipinski definition) is 1. The average Bonchev–Trinajstić information content (AvgIpc) is 2.74. The van der Waals surface area contributed by atoms with Crippen LogP contribution in [0.2, 0.25) is 0 Å². The maximum atomic E-state index is 5.22. The van der Waals surface area contributed by atoms with Crippen molar-refractivity contribution in [3.05, 3.63) is 12.4 Å². The number of rotatable bonds is 8. The topological polar surface area (TPSA) is 39.1 Å². The van der Waals surface area contributed by atoms with Gasteiger partial charge in [0.1, 0.15) is 0 Å². The van der Waals surface area contributed by atoms with E-state index in [1.165, 1.54) is 12.8 Å². The smallest absolute Gasteiger partial charge is 0.0729 e. The number of ether oxygens (including phenoxy) is 1. The van der Waals surface area contributed by atoms with Gasteiger partial charge in [0.2, 0.25) is 0 Å². The van der Waals surface area contributed by atoms with Crippen LogP contribution in [-0.4, -0.2) is 29.5 Å². The van der Waals surface area contributed by atoms with Gasteiger partial charge < -0.3 is 10.1 Å². The van der Waals surface area contributed by atoms with E-state index in [0.717, 1.165) is 25.3 Å². The van der Waals surface area contributed by atoms with Crippen LogP contribution in [0.1, 0.15) is 33.1 Å². The molecule has 0 saturated heterocycles. The molecule has 0 aromatic carbocycles. The molecule has 0 aliphatic carbocycles. The lowest BCUT2D eigenvalue weighted by molar-refractivity contribution is 0.182. The highest BCUT2D eigenvalue weighted by Gasteiger charge is 2.08. The Morgan fingerprint density at radius 1 is 1.50 bits per heavy atom. The lowest BCUT2D eigenvalue weighted by Gasteiger charge is -2.17. The normalized spacial score (nSPS) is 12.7. The van der Waals surface area contributed by atoms with Crippen LogP contribution in [0.3, 0.4) is 0 Å². The Morgan fingerprint density at radius 2 is 2.31 bits per heavy atom. The predicted octanol–water partition coefficient (Wildman–Crippen LogP) is 2.52. The molecule has 0 bridgehead atoms. The van der Waals surface area contributed by atoms with Gasteiger partial charge in [-0.15, -0.1) is 0 Å². The van der Waals surface area contributed by atoms with Crippen LogP contribution < -0.4 is 5.32 Å². The summed E-state index contributed by atoms with van der Waals surface area (Å²) in [5, 5.41) is 7.70. The predicted molar refractivity (Wildman–Crippen MR) is 66.7 cm³/mol. The maximum Gasteiger partial charge on any atom is 0.0729 e. The van der Waals surface area contributed by atoms with Crippen LogP contribution in [-0.2, 0) is 11.3 Å². The highest BCUT2D eigenvalue weighted by atomic mass is 16.5. The molecule has 0 amide bonds. The maximum absolute atomic E-state index is 5.22. The summed E-state index contributed by atoms with van der Waals surface area (Å²) in [5.74, 6) is 0. The molecule has 1 rings (SSSR count). The molecule has 1 heterocycles. The second kappa shape index (κ2) is 7.28. The van der Waals surface area contributed by atoms with Gasteiger partial charge in [-0.25, -0.2) is 0 Å². The Hall–Kier alpha value is -1.03. The van der Waals surface area contributed by atoms with Crippen LogP contribution in [0.15, 0.2) is 12.4 Å². The Morgan fingerprint density at radius 3 is 2.88 bits per heavy atom. The number of anilines is 1. The third-order valence-electron chi connectivity index (χ3n) is 2.60. The minimum atomic E-state index is 0.388. The summed E-state index contributed by atoms with van der Waals surface area (Å²) in [6.07, 6.45) is 7.49. The number of aromatic nitrogens is 2. The van der Waals surface area contributed by atoms with Crippen LogP contribution >= 0.6 is 0 Å². The monoisotopic (exact) mass is 225 g/mol. The van der Waals surface area contributed by atoms with Crippen molar-refractivity contribution in [1.29, 1.82) is 0 Å². The summed E-state index contributed by atoms with van der Waals surface area (Å²) in [7, 11) is 1.75. The van der Waals surface area contributed by atoms with E-state index in [2.05, 4.69) is 24.3 Å².